The van der Waals surface area contributed by atoms with Crippen molar-refractivity contribution < 1.29 is 60.5 Å². The number of rotatable bonds is 12. The Hall–Kier alpha value is -6.61. The Bertz CT molecular complexity index is 3320. The third kappa shape index (κ3) is 10.4. The number of fused-ring (bicyclic) bond motifs is 6. The van der Waals surface area contributed by atoms with Crippen LogP contribution < -0.4 is 10.6 Å². The van der Waals surface area contributed by atoms with Crippen molar-refractivity contribution in [2.45, 2.75) is 102 Å². The van der Waals surface area contributed by atoms with Crippen LogP contribution in [0.15, 0.2) is 87.9 Å². The van der Waals surface area contributed by atoms with Crippen LogP contribution >= 0.6 is 31.9 Å². The SMILES string of the molecule is COC(=O)N[C@H](C(=O)N1CC2(CC2)C[C@H]1C(=O)OCC(=O)c1ccc2c(c1)C(F)(F)c1cc(Br)ccc1-2)C(C)C.COC(=O)N[C@H](C(=O)N1CC2(CC2)C[C@H]1c1ncc(-c2ccc3c(c2)C(F)(F)c2cc(Br)ccc2-3)[nH]1)C(C)C. The Kier molecular flexibility index (Phi) is 14.7. The molecule has 2 saturated carbocycles. The zero-order chi connectivity index (χ0) is 56.7. The summed E-state index contributed by atoms with van der Waals surface area (Å²) in [4.78, 5) is 88.1. The number of nitrogens with one attached hydrogen (secondary N) is 3. The largest absolute Gasteiger partial charge is 0.456 e. The minimum Gasteiger partial charge on any atom is -0.456 e. The summed E-state index contributed by atoms with van der Waals surface area (Å²) in [7, 11) is 2.47. The van der Waals surface area contributed by atoms with Crippen LogP contribution in [0.2, 0.25) is 0 Å². The summed E-state index contributed by atoms with van der Waals surface area (Å²) in [6.07, 6.45) is 5.19. The lowest BCUT2D eigenvalue weighted by Crippen LogP contribution is -2.54. The predicted octanol–water partition coefficient (Wildman–Crippen LogP) is 11.5. The lowest BCUT2D eigenvalue weighted by atomic mass is 10.0. The van der Waals surface area contributed by atoms with Gasteiger partial charge < -0.3 is 39.6 Å². The Morgan fingerprint density at radius 1 is 0.658 bits per heavy atom. The smallest absolute Gasteiger partial charge is 0.407 e. The molecule has 5 aromatic rings. The van der Waals surface area contributed by atoms with Crippen LogP contribution in [-0.4, -0.2) is 108 Å². The standard InChI is InChI=1S/C29H29BrF2N4O3.C29H29BrF2N2O6/c1-15(2)24(35-27(38)39-3)26(37)36-14-28(8-9-28)12-23(36)25-33-13-22(34-25)16-4-6-18-19-7-5-17(30)11-21(19)29(31,32)20(18)10-16;1-15(2)24(33-27(38)39-3)25(36)34-14-28(8-9-28)12-22(34)26(37)40-13-23(35)16-4-6-18-19-7-5-17(30)11-21(19)29(31,32)20(18)10-16/h4-7,10-11,13,15,23-24H,8-9,12,14H2,1-3H3,(H,33,34)(H,35,38);4-7,10-11,15,22,24H,8-9,12-14H2,1-3H3,(H,33,38)/t23-,24-;22-,24-/m00/s1. The van der Waals surface area contributed by atoms with Crippen molar-refractivity contribution in [2.75, 3.05) is 33.9 Å². The maximum absolute atomic E-state index is 15.4. The number of amides is 4. The van der Waals surface area contributed by atoms with Crippen molar-refractivity contribution in [2.24, 2.45) is 22.7 Å². The summed E-state index contributed by atoms with van der Waals surface area (Å²) in [6, 6.07) is 15.9. The molecule has 4 fully saturated rings. The number of halogens is 6. The number of carbonyl (C=O) groups excluding carboxylic acids is 6. The number of methoxy groups -OCH3 is 2. The number of hydrogen-bond acceptors (Lipinski definition) is 10. The monoisotopic (exact) mass is 1220 g/mol. The van der Waals surface area contributed by atoms with Gasteiger partial charge in [-0.2, -0.15) is 17.6 Å². The Balaban J connectivity index is 0.000000178. The molecule has 3 heterocycles. The topological polar surface area (TPSA) is 189 Å². The molecule has 4 atom stereocenters. The second-order valence-electron chi connectivity index (χ2n) is 22.3. The number of carbonyl (C=O) groups is 6. The number of H-pyrrole nitrogens is 1. The molecular formula is C58H58Br2F4N6O9. The van der Waals surface area contributed by atoms with Crippen molar-refractivity contribution in [3.8, 4) is 33.5 Å². The summed E-state index contributed by atoms with van der Waals surface area (Å²) < 4.78 is 77.1. The molecule has 1 aromatic heterocycles. The minimum absolute atomic E-state index is 0.00161. The van der Waals surface area contributed by atoms with E-state index >= 15 is 17.6 Å². The second kappa shape index (κ2) is 20.8. The van der Waals surface area contributed by atoms with Gasteiger partial charge in [0.2, 0.25) is 11.8 Å². The van der Waals surface area contributed by atoms with E-state index < -0.39 is 66.4 Å². The van der Waals surface area contributed by atoms with Crippen LogP contribution in [0.1, 0.15) is 111 Å². The van der Waals surface area contributed by atoms with Gasteiger partial charge in [0, 0.05) is 55.4 Å². The zero-order valence-electron chi connectivity index (χ0n) is 44.1. The van der Waals surface area contributed by atoms with Gasteiger partial charge >= 0.3 is 18.2 Å². The first-order valence-corrected chi connectivity index (χ1v) is 27.7. The molecule has 2 aliphatic heterocycles. The average molecular weight is 1220 g/mol. The number of benzene rings is 4. The molecule has 6 aliphatic rings. The van der Waals surface area contributed by atoms with Gasteiger partial charge in [-0.05, 0) is 120 Å². The number of esters is 1. The van der Waals surface area contributed by atoms with Crippen LogP contribution in [0, 0.1) is 22.7 Å². The normalized spacial score (nSPS) is 20.3. The van der Waals surface area contributed by atoms with E-state index in [0.29, 0.717) is 67.8 Å². The first-order valence-electron chi connectivity index (χ1n) is 26.1. The number of hydrogen-bond donors (Lipinski definition) is 3. The van der Waals surface area contributed by atoms with Crippen LogP contribution in [0.25, 0.3) is 33.5 Å². The maximum atomic E-state index is 15.4. The van der Waals surface area contributed by atoms with Gasteiger partial charge in [0.25, 0.3) is 11.8 Å². The molecular weight excluding hydrogens is 1160 g/mol. The number of imidazole rings is 1. The number of ketones is 1. The molecule has 416 valence electrons. The van der Waals surface area contributed by atoms with E-state index in [4.69, 9.17) is 9.47 Å². The van der Waals surface area contributed by atoms with Gasteiger partial charge in [0.15, 0.2) is 12.4 Å². The van der Waals surface area contributed by atoms with Crippen LogP contribution in [0.4, 0.5) is 27.2 Å². The summed E-state index contributed by atoms with van der Waals surface area (Å²) in [5.74, 6) is -8.17. The Labute approximate surface area is 470 Å². The number of ether oxygens (including phenoxy) is 3. The number of nitrogens with zero attached hydrogens (tertiary/aromatic N) is 3. The molecule has 4 aliphatic carbocycles. The van der Waals surface area contributed by atoms with Crippen molar-refractivity contribution in [1.82, 2.24) is 30.4 Å². The highest BCUT2D eigenvalue weighted by Crippen LogP contribution is 2.59. The fraction of sp³-hybridized carbons (Fsp3) is 0.431. The van der Waals surface area contributed by atoms with E-state index in [1.54, 1.807) is 50.4 Å². The molecule has 0 unspecified atom stereocenters. The summed E-state index contributed by atoms with van der Waals surface area (Å²) in [5.41, 5.74) is 2.43. The summed E-state index contributed by atoms with van der Waals surface area (Å²) >= 11 is 6.53. The molecule has 4 amide bonds. The van der Waals surface area contributed by atoms with Crippen molar-refractivity contribution in [3.63, 3.8) is 0 Å². The van der Waals surface area contributed by atoms with Crippen LogP contribution in [-0.2, 0) is 40.4 Å². The van der Waals surface area contributed by atoms with Crippen molar-refractivity contribution >= 4 is 67.6 Å². The molecule has 2 saturated heterocycles. The minimum atomic E-state index is -3.28. The van der Waals surface area contributed by atoms with Gasteiger partial charge in [-0.3, -0.25) is 14.4 Å². The molecule has 79 heavy (non-hydrogen) atoms. The lowest BCUT2D eigenvalue weighted by Gasteiger charge is -2.30. The molecule has 3 N–H and O–H groups in total. The van der Waals surface area contributed by atoms with E-state index in [2.05, 4.69) is 57.2 Å². The van der Waals surface area contributed by atoms with Crippen LogP contribution in [0.5, 0.6) is 0 Å². The number of aromatic amines is 1. The lowest BCUT2D eigenvalue weighted by molar-refractivity contribution is -0.153. The highest BCUT2D eigenvalue weighted by molar-refractivity contribution is 9.10. The fourth-order valence-corrected chi connectivity index (χ4v) is 12.3. The predicted molar refractivity (Wildman–Crippen MR) is 289 cm³/mol. The summed E-state index contributed by atoms with van der Waals surface area (Å²) in [5, 5.41) is 5.22. The van der Waals surface area contributed by atoms with Gasteiger partial charge in [0.05, 0.1) is 32.2 Å². The van der Waals surface area contributed by atoms with Crippen molar-refractivity contribution in [1.29, 1.82) is 0 Å². The Morgan fingerprint density at radius 3 is 1.65 bits per heavy atom. The highest BCUT2D eigenvalue weighted by atomic mass is 79.9. The number of Topliss-reactive ketones (excluding diaryl/α,β-unsaturated/α-hetero) is 1. The molecule has 21 heteroatoms. The van der Waals surface area contributed by atoms with Gasteiger partial charge in [0.1, 0.15) is 23.9 Å². The molecule has 15 nitrogen and oxygen atoms in total. The second-order valence-corrected chi connectivity index (χ2v) is 24.2. The third-order valence-electron chi connectivity index (χ3n) is 16.4. The molecule has 0 bridgehead atoms. The number of aromatic nitrogens is 2. The molecule has 11 rings (SSSR count). The van der Waals surface area contributed by atoms with Crippen molar-refractivity contribution in [3.05, 3.63) is 122 Å². The molecule has 2 spiro atoms. The third-order valence-corrected chi connectivity index (χ3v) is 17.4. The fourth-order valence-electron chi connectivity index (χ4n) is 11.6. The van der Waals surface area contributed by atoms with Gasteiger partial charge in [-0.25, -0.2) is 19.4 Å². The van der Waals surface area contributed by atoms with Gasteiger partial charge in [-0.15, -0.1) is 0 Å². The van der Waals surface area contributed by atoms with E-state index in [0.717, 1.165) is 38.2 Å². The first-order chi connectivity index (χ1) is 37.4. The van der Waals surface area contributed by atoms with E-state index in [1.165, 1.54) is 49.5 Å². The summed E-state index contributed by atoms with van der Waals surface area (Å²) in [6.45, 7) is 7.58. The Morgan fingerprint density at radius 2 is 1.13 bits per heavy atom. The van der Waals surface area contributed by atoms with E-state index in [9.17, 15) is 28.8 Å². The number of alkyl halides is 4. The maximum Gasteiger partial charge on any atom is 0.407 e. The first kappa shape index (κ1) is 55.7. The van der Waals surface area contributed by atoms with Gasteiger partial charge in [-0.1, -0.05) is 96.0 Å². The van der Waals surface area contributed by atoms with E-state index in [1.807, 2.05) is 24.8 Å². The quantitative estimate of drug-likeness (QED) is 0.0469. The zero-order valence-corrected chi connectivity index (χ0v) is 47.3. The van der Waals surface area contributed by atoms with Crippen LogP contribution in [0.3, 0.4) is 0 Å². The number of likely N-dealkylation sites (tertiary alicyclic amines) is 2. The van der Waals surface area contributed by atoms with E-state index in [-0.39, 0.29) is 62.4 Å². The highest BCUT2D eigenvalue weighted by Gasteiger charge is 2.58. The molecule has 4 aromatic carbocycles. The average Bonchev–Trinajstić information content (AvgIpc) is 3.98. The number of alkyl carbamates (subject to hydrolysis) is 2. The molecule has 0 radical (unpaired) electrons.